The van der Waals surface area contributed by atoms with E-state index < -0.39 is 5.97 Å². The van der Waals surface area contributed by atoms with Crippen LogP contribution in [0.2, 0.25) is 0 Å². The fraction of sp³-hybridized carbons (Fsp3) is 0.200. The second-order valence-corrected chi connectivity index (χ2v) is 3.92. The van der Waals surface area contributed by atoms with E-state index in [1.165, 1.54) is 6.26 Å². The number of oxazole rings is 1. The predicted octanol–water partition coefficient (Wildman–Crippen LogP) is 2.71. The van der Waals surface area contributed by atoms with Crippen LogP contribution in [0.15, 0.2) is 31.9 Å². The number of carbonyl (C=O) groups is 1. The second kappa shape index (κ2) is 4.52. The van der Waals surface area contributed by atoms with Crippen molar-refractivity contribution in [2.75, 3.05) is 0 Å². The zero-order valence-electron chi connectivity index (χ0n) is 8.14. The summed E-state index contributed by atoms with van der Waals surface area (Å²) in [6.07, 6.45) is 1.82. The Balaban J connectivity index is 2.10. The van der Waals surface area contributed by atoms with Gasteiger partial charge in [-0.2, -0.15) is 0 Å². The first-order valence-electron chi connectivity index (χ1n) is 4.57. The van der Waals surface area contributed by atoms with Gasteiger partial charge in [-0.25, -0.2) is 4.98 Å². The summed E-state index contributed by atoms with van der Waals surface area (Å²) in [6.45, 7) is 0. The minimum absolute atomic E-state index is 0.0355. The molecular formula is C10H8BrNO4. The molecule has 0 radical (unpaired) electrons. The van der Waals surface area contributed by atoms with Gasteiger partial charge < -0.3 is 13.9 Å². The van der Waals surface area contributed by atoms with E-state index in [9.17, 15) is 4.79 Å². The number of aromatic nitrogens is 1. The molecule has 2 aromatic rings. The highest BCUT2D eigenvalue weighted by Crippen LogP contribution is 2.24. The quantitative estimate of drug-likeness (QED) is 0.935. The molecule has 0 saturated carbocycles. The molecule has 0 aliphatic carbocycles. The summed E-state index contributed by atoms with van der Waals surface area (Å²) in [6, 6.07) is 3.45. The maximum absolute atomic E-state index is 10.4. The molecule has 0 aliphatic rings. The summed E-state index contributed by atoms with van der Waals surface area (Å²) in [5.41, 5.74) is 0.602. The fourth-order valence-electron chi connectivity index (χ4n) is 1.20. The lowest BCUT2D eigenvalue weighted by Crippen LogP contribution is -1.97. The Kier molecular flexibility index (Phi) is 3.09. The fourth-order valence-corrected chi connectivity index (χ4v) is 1.51. The van der Waals surface area contributed by atoms with E-state index in [-0.39, 0.29) is 6.42 Å². The summed E-state index contributed by atoms with van der Waals surface area (Å²) in [5.74, 6) is 0.00447. The summed E-state index contributed by atoms with van der Waals surface area (Å²) >= 11 is 3.17. The summed E-state index contributed by atoms with van der Waals surface area (Å²) in [5, 5.41) is 8.52. The van der Waals surface area contributed by atoms with E-state index in [1.54, 1.807) is 12.1 Å². The Labute approximate surface area is 99.2 Å². The summed E-state index contributed by atoms with van der Waals surface area (Å²) in [4.78, 5) is 14.5. The zero-order valence-corrected chi connectivity index (χ0v) is 9.73. The minimum atomic E-state index is -0.856. The highest BCUT2D eigenvalue weighted by molar-refractivity contribution is 9.10. The molecule has 0 amide bonds. The highest BCUT2D eigenvalue weighted by atomic mass is 79.9. The predicted molar refractivity (Wildman–Crippen MR) is 57.9 cm³/mol. The van der Waals surface area contributed by atoms with Crippen molar-refractivity contribution in [3.05, 3.63) is 28.8 Å². The van der Waals surface area contributed by atoms with Crippen LogP contribution in [0.3, 0.4) is 0 Å². The molecule has 0 aliphatic heterocycles. The van der Waals surface area contributed by atoms with Gasteiger partial charge in [0, 0.05) is 6.42 Å². The number of halogens is 1. The third-order valence-electron chi connectivity index (χ3n) is 1.93. The van der Waals surface area contributed by atoms with E-state index in [0.717, 1.165) is 0 Å². The Hall–Kier alpha value is -1.56. The van der Waals surface area contributed by atoms with Gasteiger partial charge in [-0.3, -0.25) is 4.79 Å². The van der Waals surface area contributed by atoms with Crippen LogP contribution in [-0.2, 0) is 11.2 Å². The van der Waals surface area contributed by atoms with Gasteiger partial charge in [-0.05, 0) is 28.1 Å². The van der Waals surface area contributed by atoms with Gasteiger partial charge in [0.05, 0.1) is 12.1 Å². The molecule has 2 rings (SSSR count). The number of aliphatic carboxylic acids is 1. The third-order valence-corrected chi connectivity index (χ3v) is 2.36. The van der Waals surface area contributed by atoms with Crippen LogP contribution >= 0.6 is 15.9 Å². The van der Waals surface area contributed by atoms with Crippen molar-refractivity contribution in [3.63, 3.8) is 0 Å². The Bertz CT molecular complexity index is 502. The molecule has 0 bridgehead atoms. The van der Waals surface area contributed by atoms with E-state index in [1.807, 2.05) is 0 Å². The number of carboxylic acid groups (broad SMARTS) is 1. The molecule has 6 heteroatoms. The molecule has 1 N–H and O–H groups in total. The first-order valence-corrected chi connectivity index (χ1v) is 5.36. The molecule has 0 aromatic carbocycles. The largest absolute Gasteiger partial charge is 0.481 e. The maximum atomic E-state index is 10.4. The van der Waals surface area contributed by atoms with Crippen molar-refractivity contribution in [3.8, 4) is 11.7 Å². The van der Waals surface area contributed by atoms with Gasteiger partial charge in [0.15, 0.2) is 10.4 Å². The molecular weight excluding hydrogens is 278 g/mol. The van der Waals surface area contributed by atoms with E-state index in [2.05, 4.69) is 20.9 Å². The van der Waals surface area contributed by atoms with Crippen molar-refractivity contribution in [2.24, 2.45) is 0 Å². The smallest absolute Gasteiger partial charge is 0.303 e. The van der Waals surface area contributed by atoms with Crippen molar-refractivity contribution in [1.82, 2.24) is 4.98 Å². The Morgan fingerprint density at radius 2 is 2.31 bits per heavy atom. The van der Waals surface area contributed by atoms with Gasteiger partial charge in [-0.1, -0.05) is 0 Å². The average molecular weight is 286 g/mol. The van der Waals surface area contributed by atoms with Crippen molar-refractivity contribution < 1.29 is 18.7 Å². The average Bonchev–Trinajstić information content (AvgIpc) is 2.83. The number of carboxylic acids is 1. The second-order valence-electron chi connectivity index (χ2n) is 3.14. The van der Waals surface area contributed by atoms with Crippen LogP contribution in [-0.4, -0.2) is 16.1 Å². The number of aryl methyl sites for hydroxylation is 1. The lowest BCUT2D eigenvalue weighted by molar-refractivity contribution is -0.136. The van der Waals surface area contributed by atoms with Crippen LogP contribution < -0.4 is 0 Å². The van der Waals surface area contributed by atoms with Crippen LogP contribution in [0.5, 0.6) is 0 Å². The molecule has 2 aromatic heterocycles. The van der Waals surface area contributed by atoms with Crippen molar-refractivity contribution in [2.45, 2.75) is 12.8 Å². The van der Waals surface area contributed by atoms with Crippen LogP contribution in [0, 0.1) is 0 Å². The number of furan rings is 1. The first-order chi connectivity index (χ1) is 7.65. The molecule has 0 spiro atoms. The zero-order chi connectivity index (χ0) is 11.5. The maximum Gasteiger partial charge on any atom is 0.303 e. The van der Waals surface area contributed by atoms with Gasteiger partial charge >= 0.3 is 5.97 Å². The molecule has 0 fully saturated rings. The number of nitrogens with zero attached hydrogens (tertiary/aromatic N) is 1. The van der Waals surface area contributed by atoms with Crippen LogP contribution in [0.25, 0.3) is 11.7 Å². The summed E-state index contributed by atoms with van der Waals surface area (Å²) < 4.78 is 11.0. The van der Waals surface area contributed by atoms with Crippen molar-refractivity contribution >= 4 is 21.9 Å². The van der Waals surface area contributed by atoms with E-state index in [0.29, 0.717) is 28.4 Å². The molecule has 0 atom stereocenters. The molecule has 84 valence electrons. The third kappa shape index (κ3) is 2.52. The SMILES string of the molecule is O=C(O)CCc1coc(-c2ccc(Br)o2)n1. The van der Waals surface area contributed by atoms with E-state index in [4.69, 9.17) is 13.9 Å². The van der Waals surface area contributed by atoms with E-state index >= 15 is 0 Å². The van der Waals surface area contributed by atoms with Crippen LogP contribution in [0.4, 0.5) is 0 Å². The standard InChI is InChI=1S/C10H8BrNO4/c11-8-3-2-7(16-8)10-12-6(5-15-10)1-4-9(13)14/h2-3,5H,1,4H2,(H,13,14). The molecule has 16 heavy (non-hydrogen) atoms. The van der Waals surface area contributed by atoms with Gasteiger partial charge in [0.2, 0.25) is 0 Å². The molecule has 0 saturated heterocycles. The lowest BCUT2D eigenvalue weighted by Gasteiger charge is -1.89. The van der Waals surface area contributed by atoms with Crippen LogP contribution in [0.1, 0.15) is 12.1 Å². The van der Waals surface area contributed by atoms with Gasteiger partial charge in [-0.15, -0.1) is 0 Å². The number of hydrogen-bond acceptors (Lipinski definition) is 4. The molecule has 0 unspecified atom stereocenters. The first kappa shape index (κ1) is 10.9. The minimum Gasteiger partial charge on any atom is -0.481 e. The normalized spacial score (nSPS) is 10.6. The molecule has 5 nitrogen and oxygen atoms in total. The lowest BCUT2D eigenvalue weighted by atomic mass is 10.2. The summed E-state index contributed by atoms with van der Waals surface area (Å²) in [7, 11) is 0. The Morgan fingerprint density at radius 1 is 1.50 bits per heavy atom. The highest BCUT2D eigenvalue weighted by Gasteiger charge is 2.11. The number of hydrogen-bond donors (Lipinski definition) is 1. The Morgan fingerprint density at radius 3 is 2.94 bits per heavy atom. The number of rotatable bonds is 4. The molecule has 2 heterocycles. The topological polar surface area (TPSA) is 76.5 Å². The van der Waals surface area contributed by atoms with Crippen molar-refractivity contribution in [1.29, 1.82) is 0 Å². The van der Waals surface area contributed by atoms with Gasteiger partial charge in [0.25, 0.3) is 5.89 Å². The van der Waals surface area contributed by atoms with Gasteiger partial charge in [0.1, 0.15) is 6.26 Å². The monoisotopic (exact) mass is 285 g/mol.